The lowest BCUT2D eigenvalue weighted by atomic mass is 10.0. The molecule has 11 aromatic rings. The number of amides is 2. The van der Waals surface area contributed by atoms with E-state index in [-0.39, 0.29) is 29.0 Å². The highest BCUT2D eigenvalue weighted by Crippen LogP contribution is 2.49. The van der Waals surface area contributed by atoms with Crippen LogP contribution in [-0.4, -0.2) is 137 Å². The number of benzene rings is 4. The molecular formula is C81H97Cl2N13O4S7. The summed E-state index contributed by atoms with van der Waals surface area (Å²) in [5.74, 6) is 0.629. The second kappa shape index (κ2) is 38.7. The predicted octanol–water partition coefficient (Wildman–Crippen LogP) is 19.6. The summed E-state index contributed by atoms with van der Waals surface area (Å²) < 4.78 is 4.74. The van der Waals surface area contributed by atoms with Gasteiger partial charge in [0.15, 0.2) is 0 Å². The van der Waals surface area contributed by atoms with Crippen molar-refractivity contribution in [3.63, 3.8) is 0 Å². The van der Waals surface area contributed by atoms with Crippen molar-refractivity contribution >= 4 is 181 Å². The van der Waals surface area contributed by atoms with Crippen molar-refractivity contribution in [2.45, 2.75) is 177 Å². The van der Waals surface area contributed by atoms with Gasteiger partial charge in [-0.05, 0) is 178 Å². The third kappa shape index (κ3) is 22.3. The number of thiophene rings is 3. The van der Waals surface area contributed by atoms with Gasteiger partial charge in [0.2, 0.25) is 17.1 Å². The molecule has 0 aliphatic carbocycles. The van der Waals surface area contributed by atoms with Crippen LogP contribution >= 0.6 is 103 Å². The quantitative estimate of drug-likeness (QED) is 0.0402. The van der Waals surface area contributed by atoms with Crippen LogP contribution in [0.5, 0.6) is 0 Å². The number of nitrogens with one attached hydrogen (secondary N) is 3. The van der Waals surface area contributed by atoms with Crippen molar-refractivity contribution in [2.24, 2.45) is 0 Å². The molecule has 2 amide bonds. The molecule has 5 N–H and O–H groups in total. The van der Waals surface area contributed by atoms with E-state index in [0.29, 0.717) is 55.2 Å². The Morgan fingerprint density at radius 1 is 0.551 bits per heavy atom. The van der Waals surface area contributed by atoms with Crippen LogP contribution in [0.4, 0.5) is 15.0 Å². The van der Waals surface area contributed by atoms with E-state index in [1.807, 2.05) is 54.6 Å². The van der Waals surface area contributed by atoms with E-state index in [9.17, 15) is 19.2 Å². The molecule has 0 atom stereocenters. The summed E-state index contributed by atoms with van der Waals surface area (Å²) >= 11 is 21.8. The lowest BCUT2D eigenvalue weighted by molar-refractivity contribution is -0.122. The second-order valence-corrected chi connectivity index (χ2v) is 37.0. The van der Waals surface area contributed by atoms with Crippen LogP contribution in [0.2, 0.25) is 0 Å². The first kappa shape index (κ1) is 82.7. The maximum Gasteiger partial charge on any atom is 0.248 e. The zero-order valence-electron chi connectivity index (χ0n) is 62.9. The Kier molecular flexibility index (Phi) is 29.9. The minimum Gasteiger partial charge on any atom is -0.390 e. The summed E-state index contributed by atoms with van der Waals surface area (Å²) in [6.45, 7) is 36.4. The van der Waals surface area contributed by atoms with Crippen molar-refractivity contribution in [1.29, 1.82) is 5.26 Å². The molecule has 0 bridgehead atoms. The fourth-order valence-electron chi connectivity index (χ4n) is 12.7. The van der Waals surface area contributed by atoms with Gasteiger partial charge in [-0.3, -0.25) is 33.9 Å². The van der Waals surface area contributed by atoms with Crippen LogP contribution in [-0.2, 0) is 64.5 Å². The SMILES string of the molecule is C=CC(=O)Nc1sc2c(c1-c1nc3ccccc3s1)CCN(C(C)C)C2.CC(C)N1CCC(=O)CC1.CC(C)N1CCc2c(sc(N)c2-c2nc3ccccc3s2)C1.CC(C)N1CCc2c(sc(NC(=O)CCNC(C)(C)C)c2-c2nc3ccccc3s2)C1.N#CCc1nc2ccccc2s1.O=C(Cl)CCCl. The average molecular weight is 1610 g/mol. The number of alkyl halides is 1. The van der Waals surface area contributed by atoms with Gasteiger partial charge in [-0.15, -0.1) is 91.0 Å². The maximum atomic E-state index is 12.8. The topological polar surface area (TPSA) is 219 Å². The van der Waals surface area contributed by atoms with Crippen LogP contribution < -0.4 is 21.7 Å². The summed E-state index contributed by atoms with van der Waals surface area (Å²) in [5.41, 5.74) is 18.0. The predicted molar refractivity (Wildman–Crippen MR) is 457 cm³/mol. The summed E-state index contributed by atoms with van der Waals surface area (Å²) in [7, 11) is 0. The molecule has 1 fully saturated rings. The summed E-state index contributed by atoms with van der Waals surface area (Å²) in [6.07, 6.45) is 7.04. The van der Waals surface area contributed by atoms with Gasteiger partial charge in [0.05, 0.1) is 58.4 Å². The molecule has 566 valence electrons. The van der Waals surface area contributed by atoms with Gasteiger partial charge in [-0.2, -0.15) is 5.26 Å². The van der Waals surface area contributed by atoms with Crippen LogP contribution in [0.1, 0.15) is 138 Å². The van der Waals surface area contributed by atoms with Crippen LogP contribution in [0.15, 0.2) is 110 Å². The fourth-order valence-corrected chi connectivity index (χ4v) is 21.1. The first-order valence-corrected chi connectivity index (χ1v) is 43.1. The van der Waals surface area contributed by atoms with E-state index in [0.717, 1.165) is 157 Å². The zero-order valence-corrected chi connectivity index (χ0v) is 70.1. The number of hydrogen-bond acceptors (Lipinski definition) is 22. The maximum absolute atomic E-state index is 12.8. The number of halogens is 2. The van der Waals surface area contributed by atoms with Crippen LogP contribution in [0.3, 0.4) is 0 Å². The Hall–Kier alpha value is -6.77. The molecule has 11 heterocycles. The number of aromatic nitrogens is 4. The minimum atomic E-state index is -0.370. The third-order valence-electron chi connectivity index (χ3n) is 18.6. The molecule has 4 aliphatic heterocycles. The standard InChI is InChI=1S/C24H32N4OS2.C20H21N3OS2.C17H19N3S2.C9H6N2S.C8H15NO.C3H4Cl2O/c1-15(2)28-13-11-16-19(14-28)31-23(27-20(29)10-12-25-24(3,4)5)21(16)22-26-17-8-6-7-9-18(17)30-22;1-4-17(24)22-20-18(19-21-14-7-5-6-8-15(14)25-19)13-9-10-23(12(2)3)11-16(13)26-20;1-10(2)20-8-7-11-14(9-20)21-16(18)15(11)17-19-12-5-3-4-6-13(12)22-17;10-6-5-9-11-7-3-1-2-4-8(7)12-9;1-7(2)9-5-3-8(10)4-6-9;4-2-1-3(5)6/h6-9,15,25H,10-14H2,1-5H3,(H,27,29);4-8,12H,1,9-11H2,2-3H3,(H,22,24);3-6,10H,7-9,18H2,1-2H3;1-4H,5H2;7H,3-6H2,1-2H3;1-2H2. The number of nitrogen functional groups attached to an aromatic ring is 1. The van der Waals surface area contributed by atoms with Gasteiger partial charge in [-0.25, -0.2) is 19.9 Å². The Morgan fingerprint density at radius 3 is 1.31 bits per heavy atom. The summed E-state index contributed by atoms with van der Waals surface area (Å²) in [6, 6.07) is 37.0. The molecular weight excluding hydrogens is 1510 g/mol. The molecule has 4 aromatic carbocycles. The van der Waals surface area contributed by atoms with E-state index < -0.39 is 0 Å². The molecule has 0 spiro atoms. The number of carbonyl (C=O) groups excluding carboxylic acids is 4. The number of para-hydroxylation sites is 4. The number of nitriles is 1. The van der Waals surface area contributed by atoms with Crippen LogP contribution in [0, 0.1) is 11.3 Å². The molecule has 26 heteroatoms. The highest BCUT2D eigenvalue weighted by Gasteiger charge is 2.32. The molecule has 17 nitrogen and oxygen atoms in total. The molecule has 0 radical (unpaired) electrons. The number of hydrogen-bond donors (Lipinski definition) is 4. The average Bonchev–Trinajstić information content (AvgIpc) is 1.62. The number of nitrogens with two attached hydrogens (primary N) is 1. The number of ketones is 1. The largest absolute Gasteiger partial charge is 0.390 e. The number of Topliss-reactive ketones (excluding diaryl/α,β-unsaturated/α-hetero) is 1. The highest BCUT2D eigenvalue weighted by atomic mass is 35.5. The lowest BCUT2D eigenvalue weighted by Gasteiger charge is -2.30. The van der Waals surface area contributed by atoms with Crippen molar-refractivity contribution in [3.8, 4) is 37.8 Å². The van der Waals surface area contributed by atoms with Crippen molar-refractivity contribution in [3.05, 3.63) is 146 Å². The molecule has 0 unspecified atom stereocenters. The highest BCUT2D eigenvalue weighted by molar-refractivity contribution is 7.24. The number of piperidine rings is 1. The van der Waals surface area contributed by atoms with Crippen molar-refractivity contribution in [2.75, 3.05) is 61.5 Å². The Bertz CT molecular complexity index is 4770. The lowest BCUT2D eigenvalue weighted by Crippen LogP contribution is -2.38. The molecule has 7 aromatic heterocycles. The van der Waals surface area contributed by atoms with E-state index in [1.54, 1.807) is 79.4 Å². The molecule has 15 rings (SSSR count). The van der Waals surface area contributed by atoms with Crippen molar-refractivity contribution in [1.82, 2.24) is 44.9 Å². The number of anilines is 3. The normalized spacial score (nSPS) is 14.7. The first-order chi connectivity index (χ1) is 51.3. The number of nitrogens with zero attached hydrogens (tertiary/aromatic N) is 9. The smallest absolute Gasteiger partial charge is 0.248 e. The van der Waals surface area contributed by atoms with Gasteiger partial charge in [-0.1, -0.05) is 55.1 Å². The summed E-state index contributed by atoms with van der Waals surface area (Å²) in [4.78, 5) is 78.1. The molecule has 107 heavy (non-hydrogen) atoms. The van der Waals surface area contributed by atoms with Crippen molar-refractivity contribution < 1.29 is 19.2 Å². The van der Waals surface area contributed by atoms with Gasteiger partial charge < -0.3 is 26.6 Å². The number of fused-ring (bicyclic) bond motifs is 7. The zero-order chi connectivity index (χ0) is 76.6. The van der Waals surface area contributed by atoms with Gasteiger partial charge in [0.1, 0.15) is 35.8 Å². The number of carbonyl (C=O) groups is 4. The Morgan fingerprint density at radius 2 is 0.935 bits per heavy atom. The van der Waals surface area contributed by atoms with E-state index in [4.69, 9.17) is 49.1 Å². The number of thiazole rings is 4. The van der Waals surface area contributed by atoms with Gasteiger partial charge >= 0.3 is 0 Å². The second-order valence-electron chi connectivity index (χ2n) is 28.6. The number of likely N-dealkylation sites (tertiary alicyclic amines) is 1. The minimum absolute atomic E-state index is 0.00869. The monoisotopic (exact) mass is 1610 g/mol. The molecule has 1 saturated heterocycles. The number of rotatable bonds is 16. The van der Waals surface area contributed by atoms with Crippen LogP contribution in [0.25, 0.3) is 72.6 Å². The van der Waals surface area contributed by atoms with E-state index >= 15 is 0 Å². The summed E-state index contributed by atoms with van der Waals surface area (Å²) in [5, 5.41) is 24.5. The van der Waals surface area contributed by atoms with Gasteiger partial charge in [0, 0.05) is 151 Å². The Balaban J connectivity index is 0.000000146. The fraction of sp³-hybridized carbons (Fsp3) is 0.420. The molecule has 4 aliphatic rings. The van der Waals surface area contributed by atoms with Gasteiger partial charge in [0.25, 0.3) is 0 Å². The first-order valence-electron chi connectivity index (χ1n) is 36.5. The third-order valence-corrected chi connectivity index (χ3v) is 26.5. The Labute approximate surface area is 667 Å². The molecule has 0 saturated carbocycles. The van der Waals surface area contributed by atoms with E-state index in [1.165, 1.54) is 57.1 Å². The van der Waals surface area contributed by atoms with E-state index in [2.05, 4.69) is 172 Å².